The summed E-state index contributed by atoms with van der Waals surface area (Å²) in [6, 6.07) is 5.88. The van der Waals surface area contributed by atoms with Crippen LogP contribution in [0.3, 0.4) is 0 Å². The maximum Gasteiger partial charge on any atom is 0.417 e. The van der Waals surface area contributed by atoms with Gasteiger partial charge in [0.25, 0.3) is 0 Å². The van der Waals surface area contributed by atoms with Crippen molar-refractivity contribution >= 4 is 16.6 Å². The summed E-state index contributed by atoms with van der Waals surface area (Å²) < 4.78 is 38.8. The van der Waals surface area contributed by atoms with Gasteiger partial charge in [0, 0.05) is 30.9 Å². The Morgan fingerprint density at radius 3 is 2.26 bits per heavy atom. The number of aromatic nitrogens is 1. The van der Waals surface area contributed by atoms with E-state index in [1.165, 1.54) is 6.07 Å². The SMILES string of the molecule is C.Cc1cc(C(F)(F)F)c2ccc(N(C)C)cc2n1. The summed E-state index contributed by atoms with van der Waals surface area (Å²) in [7, 11) is 3.67. The first-order chi connectivity index (χ1) is 8.29. The Labute approximate surface area is 110 Å². The molecule has 104 valence electrons. The average molecular weight is 270 g/mol. The van der Waals surface area contributed by atoms with E-state index in [1.54, 1.807) is 19.1 Å². The number of halogens is 3. The van der Waals surface area contributed by atoms with Crippen LogP contribution < -0.4 is 4.90 Å². The van der Waals surface area contributed by atoms with Crippen molar-refractivity contribution < 1.29 is 13.2 Å². The van der Waals surface area contributed by atoms with E-state index in [0.29, 0.717) is 11.2 Å². The highest BCUT2D eigenvalue weighted by Crippen LogP contribution is 2.35. The quantitative estimate of drug-likeness (QED) is 0.769. The number of hydrogen-bond donors (Lipinski definition) is 0. The van der Waals surface area contributed by atoms with E-state index in [-0.39, 0.29) is 12.8 Å². The molecule has 0 bridgehead atoms. The molecule has 0 radical (unpaired) electrons. The van der Waals surface area contributed by atoms with Gasteiger partial charge in [-0.05, 0) is 25.1 Å². The normalized spacial score (nSPS) is 11.3. The van der Waals surface area contributed by atoms with Crippen molar-refractivity contribution in [3.63, 3.8) is 0 Å². The molecule has 2 aromatic rings. The molecule has 2 nitrogen and oxygen atoms in total. The van der Waals surface area contributed by atoms with Crippen molar-refractivity contribution in [3.05, 3.63) is 35.5 Å². The van der Waals surface area contributed by atoms with Crippen LogP contribution in [0.15, 0.2) is 24.3 Å². The lowest BCUT2D eigenvalue weighted by Crippen LogP contribution is -2.10. The summed E-state index contributed by atoms with van der Waals surface area (Å²) in [4.78, 5) is 6.00. The smallest absolute Gasteiger partial charge is 0.378 e. The summed E-state index contributed by atoms with van der Waals surface area (Å²) in [5.41, 5.74) is 0.934. The molecular formula is C14H17F3N2. The Morgan fingerprint density at radius 1 is 1.11 bits per heavy atom. The van der Waals surface area contributed by atoms with E-state index in [9.17, 15) is 13.2 Å². The molecule has 0 aliphatic rings. The minimum atomic E-state index is -4.36. The lowest BCUT2D eigenvalue weighted by Gasteiger charge is -2.15. The fourth-order valence-electron chi connectivity index (χ4n) is 1.86. The first-order valence-corrected chi connectivity index (χ1v) is 5.45. The second-order valence-corrected chi connectivity index (χ2v) is 4.40. The summed E-state index contributed by atoms with van der Waals surface area (Å²) in [6.45, 7) is 1.57. The van der Waals surface area contributed by atoms with E-state index in [2.05, 4.69) is 4.98 Å². The summed E-state index contributed by atoms with van der Waals surface area (Å²) in [6.07, 6.45) is -4.36. The molecule has 0 aliphatic carbocycles. The minimum absolute atomic E-state index is 0. The monoisotopic (exact) mass is 270 g/mol. The molecule has 2 rings (SSSR count). The molecule has 1 aromatic carbocycles. The molecule has 0 atom stereocenters. The molecule has 0 amide bonds. The number of fused-ring (bicyclic) bond motifs is 1. The lowest BCUT2D eigenvalue weighted by molar-refractivity contribution is -0.136. The Morgan fingerprint density at radius 2 is 1.74 bits per heavy atom. The molecule has 0 aliphatic heterocycles. The number of nitrogens with zero attached hydrogens (tertiary/aromatic N) is 2. The second-order valence-electron chi connectivity index (χ2n) is 4.40. The molecule has 19 heavy (non-hydrogen) atoms. The molecule has 5 heteroatoms. The fourth-order valence-corrected chi connectivity index (χ4v) is 1.86. The Bertz CT molecular complexity index is 589. The number of anilines is 1. The van der Waals surface area contributed by atoms with E-state index in [0.717, 1.165) is 11.8 Å². The zero-order chi connectivity index (χ0) is 13.5. The second kappa shape index (κ2) is 5.07. The van der Waals surface area contributed by atoms with Gasteiger partial charge in [-0.15, -0.1) is 0 Å². The van der Waals surface area contributed by atoms with Crippen molar-refractivity contribution in [2.24, 2.45) is 0 Å². The van der Waals surface area contributed by atoms with Gasteiger partial charge in [-0.3, -0.25) is 4.98 Å². The zero-order valence-electron chi connectivity index (χ0n) is 10.3. The third kappa shape index (κ3) is 2.97. The van der Waals surface area contributed by atoms with Crippen LogP contribution in [-0.2, 0) is 6.18 Å². The first kappa shape index (κ1) is 15.3. The van der Waals surface area contributed by atoms with Crippen LogP contribution in [-0.4, -0.2) is 19.1 Å². The Kier molecular flexibility index (Phi) is 4.08. The van der Waals surface area contributed by atoms with Crippen molar-refractivity contribution in [1.82, 2.24) is 4.98 Å². The van der Waals surface area contributed by atoms with Crippen LogP contribution in [0.25, 0.3) is 10.9 Å². The van der Waals surface area contributed by atoms with Gasteiger partial charge in [-0.2, -0.15) is 13.2 Å². The highest BCUT2D eigenvalue weighted by atomic mass is 19.4. The van der Waals surface area contributed by atoms with Crippen molar-refractivity contribution in [2.45, 2.75) is 20.5 Å². The van der Waals surface area contributed by atoms with Gasteiger partial charge in [-0.25, -0.2) is 0 Å². The van der Waals surface area contributed by atoms with E-state index < -0.39 is 11.7 Å². The number of aryl methyl sites for hydroxylation is 1. The molecule has 0 N–H and O–H groups in total. The Balaban J connectivity index is 0.00000180. The molecule has 1 aromatic heterocycles. The van der Waals surface area contributed by atoms with Crippen LogP contribution in [0.4, 0.5) is 18.9 Å². The lowest BCUT2D eigenvalue weighted by atomic mass is 10.1. The van der Waals surface area contributed by atoms with Crippen LogP contribution >= 0.6 is 0 Å². The van der Waals surface area contributed by atoms with Gasteiger partial charge in [0.2, 0.25) is 0 Å². The predicted molar refractivity (Wildman–Crippen MR) is 72.5 cm³/mol. The fraction of sp³-hybridized carbons (Fsp3) is 0.357. The molecule has 0 saturated heterocycles. The van der Waals surface area contributed by atoms with E-state index in [4.69, 9.17) is 0 Å². The van der Waals surface area contributed by atoms with Gasteiger partial charge < -0.3 is 4.90 Å². The summed E-state index contributed by atoms with van der Waals surface area (Å²) in [5.74, 6) is 0. The molecule has 0 spiro atoms. The number of benzene rings is 1. The number of rotatable bonds is 1. The average Bonchev–Trinajstić information content (AvgIpc) is 2.25. The minimum Gasteiger partial charge on any atom is -0.378 e. The molecule has 1 heterocycles. The van der Waals surface area contributed by atoms with Crippen molar-refractivity contribution in [2.75, 3.05) is 19.0 Å². The summed E-state index contributed by atoms with van der Waals surface area (Å²) in [5, 5.41) is 0.138. The van der Waals surface area contributed by atoms with Crippen molar-refractivity contribution in [1.29, 1.82) is 0 Å². The third-order valence-electron chi connectivity index (χ3n) is 2.74. The maximum atomic E-state index is 12.9. The van der Waals surface area contributed by atoms with Crippen LogP contribution in [0.5, 0.6) is 0 Å². The Hall–Kier alpha value is -1.78. The van der Waals surface area contributed by atoms with Gasteiger partial charge in [0.05, 0.1) is 11.1 Å². The van der Waals surface area contributed by atoms with Crippen LogP contribution in [0.2, 0.25) is 0 Å². The van der Waals surface area contributed by atoms with Gasteiger partial charge in [0.15, 0.2) is 0 Å². The number of hydrogen-bond acceptors (Lipinski definition) is 2. The molecule has 0 unspecified atom stereocenters. The van der Waals surface area contributed by atoms with Gasteiger partial charge in [0.1, 0.15) is 0 Å². The number of pyridine rings is 1. The van der Waals surface area contributed by atoms with E-state index >= 15 is 0 Å². The first-order valence-electron chi connectivity index (χ1n) is 5.45. The summed E-state index contributed by atoms with van der Waals surface area (Å²) >= 11 is 0. The van der Waals surface area contributed by atoms with Crippen molar-refractivity contribution in [3.8, 4) is 0 Å². The third-order valence-corrected chi connectivity index (χ3v) is 2.74. The van der Waals surface area contributed by atoms with Crippen LogP contribution in [0.1, 0.15) is 18.7 Å². The standard InChI is InChI=1S/C13H13F3N2.CH4/c1-8-6-11(13(14,15)16)10-5-4-9(18(2)3)7-12(10)17-8;/h4-7H,1-3H3;1H4. The van der Waals surface area contributed by atoms with Gasteiger partial charge in [-0.1, -0.05) is 13.5 Å². The van der Waals surface area contributed by atoms with Crippen LogP contribution in [0, 0.1) is 6.92 Å². The van der Waals surface area contributed by atoms with Gasteiger partial charge >= 0.3 is 6.18 Å². The predicted octanol–water partition coefficient (Wildman–Crippen LogP) is 4.26. The molecule has 0 saturated carbocycles. The van der Waals surface area contributed by atoms with E-state index in [1.807, 2.05) is 19.0 Å². The molecular weight excluding hydrogens is 253 g/mol. The molecule has 0 fully saturated rings. The highest BCUT2D eigenvalue weighted by molar-refractivity contribution is 5.86. The highest BCUT2D eigenvalue weighted by Gasteiger charge is 2.33. The number of alkyl halides is 3. The maximum absolute atomic E-state index is 12.9. The topological polar surface area (TPSA) is 16.1 Å². The zero-order valence-corrected chi connectivity index (χ0v) is 10.3. The largest absolute Gasteiger partial charge is 0.417 e.